The zero-order valence-corrected chi connectivity index (χ0v) is 11.6. The molecule has 0 saturated heterocycles. The first-order valence-electron chi connectivity index (χ1n) is 6.51. The van der Waals surface area contributed by atoms with Crippen molar-refractivity contribution in [2.24, 2.45) is 5.92 Å². The molecule has 3 heteroatoms. The van der Waals surface area contributed by atoms with Gasteiger partial charge in [-0.05, 0) is 24.8 Å². The Morgan fingerprint density at radius 2 is 1.83 bits per heavy atom. The van der Waals surface area contributed by atoms with E-state index < -0.39 is 12.0 Å². The van der Waals surface area contributed by atoms with Gasteiger partial charge < -0.3 is 5.11 Å². The van der Waals surface area contributed by atoms with Crippen LogP contribution in [0.25, 0.3) is 0 Å². The Hall–Kier alpha value is -1.35. The van der Waals surface area contributed by atoms with Crippen LogP contribution in [-0.4, -0.2) is 17.1 Å². The molecular formula is C15H23NO2. The Bertz CT molecular complexity index is 384. The first-order chi connectivity index (χ1) is 8.45. The fraction of sp³-hybridized carbons (Fsp3) is 0.533. The van der Waals surface area contributed by atoms with Crippen LogP contribution < -0.4 is 5.32 Å². The van der Waals surface area contributed by atoms with E-state index >= 15 is 0 Å². The van der Waals surface area contributed by atoms with E-state index in [0.717, 1.165) is 12.0 Å². The molecule has 1 aromatic rings. The number of nitrogens with one attached hydrogen (secondary N) is 1. The lowest BCUT2D eigenvalue weighted by Gasteiger charge is -2.25. The van der Waals surface area contributed by atoms with Gasteiger partial charge >= 0.3 is 5.97 Å². The van der Waals surface area contributed by atoms with Crippen LogP contribution in [0.4, 0.5) is 0 Å². The number of carboxylic acids is 1. The van der Waals surface area contributed by atoms with E-state index in [1.54, 1.807) is 0 Å². The van der Waals surface area contributed by atoms with E-state index in [-0.39, 0.29) is 12.0 Å². The molecule has 2 atom stereocenters. The highest BCUT2D eigenvalue weighted by molar-refractivity contribution is 5.73. The molecule has 0 spiro atoms. The van der Waals surface area contributed by atoms with Gasteiger partial charge in [0.15, 0.2) is 0 Å². The van der Waals surface area contributed by atoms with Crippen LogP contribution in [-0.2, 0) is 4.79 Å². The lowest BCUT2D eigenvalue weighted by molar-refractivity contribution is -0.140. The molecule has 0 aliphatic rings. The predicted molar refractivity (Wildman–Crippen MR) is 73.6 cm³/mol. The van der Waals surface area contributed by atoms with Crippen LogP contribution in [0.3, 0.4) is 0 Å². The molecule has 0 aromatic heterocycles. The van der Waals surface area contributed by atoms with E-state index in [4.69, 9.17) is 0 Å². The van der Waals surface area contributed by atoms with Crippen molar-refractivity contribution in [3.8, 4) is 0 Å². The van der Waals surface area contributed by atoms with Gasteiger partial charge in [0.2, 0.25) is 0 Å². The van der Waals surface area contributed by atoms with Crippen molar-refractivity contribution in [1.82, 2.24) is 5.32 Å². The molecule has 3 nitrogen and oxygen atoms in total. The van der Waals surface area contributed by atoms with Crippen molar-refractivity contribution in [2.45, 2.75) is 46.2 Å². The minimum absolute atomic E-state index is 0.0713. The molecule has 18 heavy (non-hydrogen) atoms. The molecule has 100 valence electrons. The van der Waals surface area contributed by atoms with Crippen LogP contribution in [0.1, 0.15) is 44.4 Å². The van der Waals surface area contributed by atoms with Gasteiger partial charge in [-0.15, -0.1) is 0 Å². The largest absolute Gasteiger partial charge is 0.480 e. The Balaban J connectivity index is 2.83. The van der Waals surface area contributed by atoms with Crippen LogP contribution in [0.5, 0.6) is 0 Å². The van der Waals surface area contributed by atoms with Crippen molar-refractivity contribution < 1.29 is 9.90 Å². The number of benzene rings is 1. The molecule has 0 heterocycles. The summed E-state index contributed by atoms with van der Waals surface area (Å²) in [5.74, 6) is -0.711. The van der Waals surface area contributed by atoms with Crippen molar-refractivity contribution in [3.63, 3.8) is 0 Å². The molecule has 0 saturated carbocycles. The summed E-state index contributed by atoms with van der Waals surface area (Å²) in [6.07, 6.45) is 0.875. The molecular weight excluding hydrogens is 226 g/mol. The number of carboxylic acid groups (broad SMARTS) is 1. The summed E-state index contributed by atoms with van der Waals surface area (Å²) in [5.41, 5.74) is 2.36. The highest BCUT2D eigenvalue weighted by Gasteiger charge is 2.24. The predicted octanol–water partition coefficient (Wildman–Crippen LogP) is 3.14. The standard InChI is InChI=1S/C15H23NO2/c1-5-13(12-8-6-11(4)7-9-12)16-14(10(2)3)15(17)18/h6-10,13-14,16H,5H2,1-4H3,(H,17,18). The van der Waals surface area contributed by atoms with Gasteiger partial charge in [0.05, 0.1) is 0 Å². The summed E-state index contributed by atoms with van der Waals surface area (Å²) in [4.78, 5) is 11.2. The average molecular weight is 249 g/mol. The molecule has 0 aliphatic heterocycles. The third-order valence-electron chi connectivity index (χ3n) is 3.20. The zero-order valence-electron chi connectivity index (χ0n) is 11.6. The monoisotopic (exact) mass is 249 g/mol. The Labute approximate surface area is 109 Å². The summed E-state index contributed by atoms with van der Waals surface area (Å²) < 4.78 is 0. The molecule has 0 aliphatic carbocycles. The maximum atomic E-state index is 11.2. The van der Waals surface area contributed by atoms with Crippen LogP contribution in [0, 0.1) is 12.8 Å². The van der Waals surface area contributed by atoms with Gasteiger partial charge in [-0.2, -0.15) is 0 Å². The quantitative estimate of drug-likeness (QED) is 0.814. The number of carbonyl (C=O) groups is 1. The topological polar surface area (TPSA) is 49.3 Å². The summed E-state index contributed by atoms with van der Waals surface area (Å²) >= 11 is 0. The van der Waals surface area contributed by atoms with Gasteiger partial charge in [0.25, 0.3) is 0 Å². The lowest BCUT2D eigenvalue weighted by atomic mass is 9.98. The van der Waals surface area contributed by atoms with Crippen molar-refractivity contribution in [1.29, 1.82) is 0 Å². The van der Waals surface area contributed by atoms with Crippen LogP contribution in [0.15, 0.2) is 24.3 Å². The van der Waals surface area contributed by atoms with E-state index in [1.807, 2.05) is 20.8 Å². The summed E-state index contributed by atoms with van der Waals surface area (Å²) in [5, 5.41) is 12.5. The first kappa shape index (κ1) is 14.7. The fourth-order valence-corrected chi connectivity index (χ4v) is 2.01. The lowest BCUT2D eigenvalue weighted by Crippen LogP contribution is -2.42. The molecule has 1 rings (SSSR count). The zero-order chi connectivity index (χ0) is 13.7. The minimum atomic E-state index is -0.782. The first-order valence-corrected chi connectivity index (χ1v) is 6.51. The summed E-state index contributed by atoms with van der Waals surface area (Å²) in [7, 11) is 0. The molecule has 0 fully saturated rings. The number of rotatable bonds is 6. The van der Waals surface area contributed by atoms with Crippen molar-refractivity contribution in [3.05, 3.63) is 35.4 Å². The highest BCUT2D eigenvalue weighted by atomic mass is 16.4. The Kier molecular flexibility index (Phi) is 5.35. The molecule has 0 amide bonds. The minimum Gasteiger partial charge on any atom is -0.480 e. The maximum Gasteiger partial charge on any atom is 0.320 e. The van der Waals surface area contributed by atoms with Gasteiger partial charge in [-0.1, -0.05) is 50.6 Å². The molecule has 2 unspecified atom stereocenters. The third-order valence-corrected chi connectivity index (χ3v) is 3.20. The SMILES string of the molecule is CCC(NC(C(=O)O)C(C)C)c1ccc(C)cc1. The highest BCUT2D eigenvalue weighted by Crippen LogP contribution is 2.19. The molecule has 0 bridgehead atoms. The van der Waals surface area contributed by atoms with E-state index in [1.165, 1.54) is 5.56 Å². The smallest absolute Gasteiger partial charge is 0.320 e. The van der Waals surface area contributed by atoms with Crippen molar-refractivity contribution in [2.75, 3.05) is 0 Å². The fourth-order valence-electron chi connectivity index (χ4n) is 2.01. The van der Waals surface area contributed by atoms with Crippen LogP contribution >= 0.6 is 0 Å². The Morgan fingerprint density at radius 3 is 2.22 bits per heavy atom. The molecule has 1 aromatic carbocycles. The molecule has 0 radical (unpaired) electrons. The summed E-state index contributed by atoms with van der Waals surface area (Å²) in [6, 6.07) is 7.84. The van der Waals surface area contributed by atoms with Crippen LogP contribution in [0.2, 0.25) is 0 Å². The number of aryl methyl sites for hydroxylation is 1. The maximum absolute atomic E-state index is 11.2. The van der Waals surface area contributed by atoms with Gasteiger partial charge in [0.1, 0.15) is 6.04 Å². The Morgan fingerprint density at radius 1 is 1.28 bits per heavy atom. The number of hydrogen-bond donors (Lipinski definition) is 2. The number of hydrogen-bond acceptors (Lipinski definition) is 2. The third kappa shape index (κ3) is 3.84. The van der Waals surface area contributed by atoms with Crippen molar-refractivity contribution >= 4 is 5.97 Å². The average Bonchev–Trinajstić information content (AvgIpc) is 2.31. The van der Waals surface area contributed by atoms with Gasteiger partial charge in [0, 0.05) is 6.04 Å². The van der Waals surface area contributed by atoms with E-state index in [2.05, 4.69) is 36.5 Å². The van der Waals surface area contributed by atoms with Gasteiger partial charge in [-0.3, -0.25) is 10.1 Å². The second-order valence-corrected chi connectivity index (χ2v) is 5.10. The van der Waals surface area contributed by atoms with Gasteiger partial charge in [-0.25, -0.2) is 0 Å². The molecule has 2 N–H and O–H groups in total. The summed E-state index contributed by atoms with van der Waals surface area (Å²) in [6.45, 7) is 7.96. The van der Waals surface area contributed by atoms with E-state index in [9.17, 15) is 9.90 Å². The normalized spacial score (nSPS) is 14.5. The second-order valence-electron chi connectivity index (χ2n) is 5.10. The van der Waals surface area contributed by atoms with E-state index in [0.29, 0.717) is 0 Å². The second kappa shape index (κ2) is 6.55. The number of aliphatic carboxylic acids is 1.